The van der Waals surface area contributed by atoms with E-state index in [9.17, 15) is 0 Å². The van der Waals surface area contributed by atoms with Gasteiger partial charge in [-0.3, -0.25) is 0 Å². The van der Waals surface area contributed by atoms with E-state index >= 15 is 0 Å². The standard InChI is InChI=1S/C19H32O2/c1-16(2)8-13-9-18(5)7-6-15(18)19(14(13)10-16)20-11-17(3,4)12-21-19/h13-15H,6-12H2,1-5H3/t13-,14-,15-,18-/m0/s1. The van der Waals surface area contributed by atoms with E-state index in [0.717, 1.165) is 19.1 Å². The smallest absolute Gasteiger partial charge is 0.174 e. The van der Waals surface area contributed by atoms with Crippen LogP contribution in [0.15, 0.2) is 0 Å². The zero-order chi connectivity index (χ0) is 15.1. The summed E-state index contributed by atoms with van der Waals surface area (Å²) in [5.41, 5.74) is 1.11. The molecule has 0 aromatic heterocycles. The Morgan fingerprint density at radius 2 is 1.48 bits per heavy atom. The van der Waals surface area contributed by atoms with E-state index in [4.69, 9.17) is 9.47 Å². The van der Waals surface area contributed by atoms with E-state index in [-0.39, 0.29) is 11.2 Å². The van der Waals surface area contributed by atoms with Crippen LogP contribution in [0.3, 0.4) is 0 Å². The molecule has 0 amide bonds. The van der Waals surface area contributed by atoms with Crippen LogP contribution >= 0.6 is 0 Å². The van der Waals surface area contributed by atoms with Crippen molar-refractivity contribution in [1.82, 2.24) is 0 Å². The molecular formula is C19H32O2. The topological polar surface area (TPSA) is 18.5 Å². The van der Waals surface area contributed by atoms with Crippen molar-refractivity contribution in [1.29, 1.82) is 0 Å². The third kappa shape index (κ3) is 1.97. The molecule has 2 nitrogen and oxygen atoms in total. The maximum Gasteiger partial charge on any atom is 0.174 e. The Morgan fingerprint density at radius 1 is 0.810 bits per heavy atom. The quantitative estimate of drug-likeness (QED) is 0.648. The fraction of sp³-hybridized carbons (Fsp3) is 1.00. The van der Waals surface area contributed by atoms with Gasteiger partial charge in [-0.1, -0.05) is 34.6 Å². The first-order valence-electron chi connectivity index (χ1n) is 8.94. The third-order valence-electron chi connectivity index (χ3n) is 7.11. The SMILES string of the molecule is CC1(C)COC2(OC1)[C@H]1CC[C@@]1(C)C[C@@H]1CC(C)(C)C[C@@H]12. The molecule has 3 saturated carbocycles. The van der Waals surface area contributed by atoms with Crippen LogP contribution in [0.4, 0.5) is 0 Å². The highest BCUT2D eigenvalue weighted by molar-refractivity contribution is 5.13. The van der Waals surface area contributed by atoms with Gasteiger partial charge in [0.15, 0.2) is 5.79 Å². The molecule has 0 unspecified atom stereocenters. The van der Waals surface area contributed by atoms with E-state index in [1.807, 2.05) is 0 Å². The first-order valence-corrected chi connectivity index (χ1v) is 8.94. The van der Waals surface area contributed by atoms with Crippen LogP contribution in [0.1, 0.15) is 66.7 Å². The van der Waals surface area contributed by atoms with Gasteiger partial charge >= 0.3 is 0 Å². The summed E-state index contributed by atoms with van der Waals surface area (Å²) in [4.78, 5) is 0. The van der Waals surface area contributed by atoms with E-state index in [0.29, 0.717) is 22.7 Å². The Kier molecular flexibility index (Phi) is 2.80. The average molecular weight is 292 g/mol. The summed E-state index contributed by atoms with van der Waals surface area (Å²) in [6.07, 6.45) is 6.73. The van der Waals surface area contributed by atoms with Crippen LogP contribution in [-0.2, 0) is 9.47 Å². The number of ether oxygens (including phenoxy) is 2. The maximum atomic E-state index is 6.61. The summed E-state index contributed by atoms with van der Waals surface area (Å²) in [6, 6.07) is 0. The molecule has 0 aromatic carbocycles. The second-order valence-corrected chi connectivity index (χ2v) is 10.4. The Hall–Kier alpha value is -0.0800. The average Bonchev–Trinajstić information content (AvgIpc) is 2.65. The van der Waals surface area contributed by atoms with Crippen LogP contribution < -0.4 is 0 Å². The third-order valence-corrected chi connectivity index (χ3v) is 7.11. The highest BCUT2D eigenvalue weighted by Gasteiger charge is 2.68. The predicted molar refractivity (Wildman–Crippen MR) is 83.9 cm³/mol. The molecule has 1 aliphatic heterocycles. The Bertz CT molecular complexity index is 442. The van der Waals surface area contributed by atoms with Gasteiger partial charge in [0.05, 0.1) is 13.2 Å². The van der Waals surface area contributed by atoms with Crippen molar-refractivity contribution in [3.05, 3.63) is 0 Å². The minimum atomic E-state index is -0.251. The second kappa shape index (κ2) is 4.06. The van der Waals surface area contributed by atoms with Crippen LogP contribution in [0.25, 0.3) is 0 Å². The predicted octanol–water partition coefficient (Wildman–Crippen LogP) is 4.63. The number of fused-ring (bicyclic) bond motifs is 4. The van der Waals surface area contributed by atoms with Gasteiger partial charge in [0.2, 0.25) is 0 Å². The molecule has 0 N–H and O–H groups in total. The molecule has 4 fully saturated rings. The minimum absolute atomic E-state index is 0.173. The van der Waals surface area contributed by atoms with Crippen molar-refractivity contribution in [3.8, 4) is 0 Å². The molecule has 0 bridgehead atoms. The van der Waals surface area contributed by atoms with Gasteiger partial charge < -0.3 is 9.47 Å². The van der Waals surface area contributed by atoms with Crippen LogP contribution in [0, 0.1) is 34.0 Å². The van der Waals surface area contributed by atoms with Crippen LogP contribution in [0.2, 0.25) is 0 Å². The Labute approximate surface area is 130 Å². The first-order chi connectivity index (χ1) is 9.66. The van der Waals surface area contributed by atoms with Gasteiger partial charge in [0, 0.05) is 17.3 Å². The lowest BCUT2D eigenvalue weighted by atomic mass is 9.48. The molecule has 1 heterocycles. The zero-order valence-electron chi connectivity index (χ0n) is 14.5. The highest BCUT2D eigenvalue weighted by atomic mass is 16.7. The fourth-order valence-electron chi connectivity index (χ4n) is 6.07. The molecule has 0 aromatic rings. The zero-order valence-corrected chi connectivity index (χ0v) is 14.5. The highest BCUT2D eigenvalue weighted by Crippen LogP contribution is 2.69. The summed E-state index contributed by atoms with van der Waals surface area (Å²) in [5.74, 6) is 1.82. The van der Waals surface area contributed by atoms with Gasteiger partial charge in [0.1, 0.15) is 0 Å². The van der Waals surface area contributed by atoms with E-state index < -0.39 is 0 Å². The van der Waals surface area contributed by atoms with Crippen molar-refractivity contribution >= 4 is 0 Å². The summed E-state index contributed by atoms with van der Waals surface area (Å²) >= 11 is 0. The largest absolute Gasteiger partial charge is 0.349 e. The lowest BCUT2D eigenvalue weighted by Crippen LogP contribution is -2.67. The van der Waals surface area contributed by atoms with Crippen molar-refractivity contribution in [2.75, 3.05) is 13.2 Å². The van der Waals surface area contributed by atoms with Gasteiger partial charge in [-0.2, -0.15) is 0 Å². The summed E-state index contributed by atoms with van der Waals surface area (Å²) in [7, 11) is 0. The summed E-state index contributed by atoms with van der Waals surface area (Å²) < 4.78 is 13.2. The fourth-order valence-corrected chi connectivity index (χ4v) is 6.07. The van der Waals surface area contributed by atoms with E-state index in [1.165, 1.54) is 32.1 Å². The van der Waals surface area contributed by atoms with E-state index in [1.54, 1.807) is 0 Å². The molecule has 2 heteroatoms. The molecule has 4 rings (SSSR count). The minimum Gasteiger partial charge on any atom is -0.349 e. The molecule has 3 aliphatic carbocycles. The molecular weight excluding hydrogens is 260 g/mol. The molecule has 1 saturated heterocycles. The number of rotatable bonds is 0. The molecule has 4 aliphatic rings. The van der Waals surface area contributed by atoms with Crippen LogP contribution in [-0.4, -0.2) is 19.0 Å². The number of hydrogen-bond donors (Lipinski definition) is 0. The Morgan fingerprint density at radius 3 is 2.05 bits per heavy atom. The molecule has 4 atom stereocenters. The van der Waals surface area contributed by atoms with E-state index in [2.05, 4.69) is 34.6 Å². The van der Waals surface area contributed by atoms with Gasteiger partial charge in [0.25, 0.3) is 0 Å². The monoisotopic (exact) mass is 292 g/mol. The van der Waals surface area contributed by atoms with Gasteiger partial charge in [-0.25, -0.2) is 0 Å². The second-order valence-electron chi connectivity index (χ2n) is 10.4. The number of hydrogen-bond acceptors (Lipinski definition) is 2. The summed E-state index contributed by atoms with van der Waals surface area (Å²) in [6.45, 7) is 13.6. The lowest BCUT2D eigenvalue weighted by Gasteiger charge is -2.65. The van der Waals surface area contributed by atoms with Crippen LogP contribution in [0.5, 0.6) is 0 Å². The van der Waals surface area contributed by atoms with Gasteiger partial charge in [-0.05, 0) is 48.9 Å². The van der Waals surface area contributed by atoms with Crippen molar-refractivity contribution in [3.63, 3.8) is 0 Å². The summed E-state index contributed by atoms with van der Waals surface area (Å²) in [5, 5.41) is 0. The molecule has 21 heavy (non-hydrogen) atoms. The first kappa shape index (κ1) is 14.5. The maximum absolute atomic E-state index is 6.61. The molecule has 0 radical (unpaired) electrons. The molecule has 1 spiro atoms. The normalized spacial score (nSPS) is 49.3. The van der Waals surface area contributed by atoms with Crippen molar-refractivity contribution in [2.45, 2.75) is 72.5 Å². The molecule has 120 valence electrons. The lowest BCUT2D eigenvalue weighted by molar-refractivity contribution is -0.391. The van der Waals surface area contributed by atoms with Gasteiger partial charge in [-0.15, -0.1) is 0 Å². The van der Waals surface area contributed by atoms with Crippen molar-refractivity contribution < 1.29 is 9.47 Å². The van der Waals surface area contributed by atoms with Crippen molar-refractivity contribution in [2.24, 2.45) is 34.0 Å². The Balaban J connectivity index is 1.69.